The standard InChI is InChI=1S/C13H23N3/c1-3-11(4-2)15-13(14)16-12-9-7-5-6-8-10-12/h1,11-12H,4-10H2,2H3,(H3,14,15,16). The third-order valence-corrected chi connectivity index (χ3v) is 3.08. The van der Waals surface area contributed by atoms with Crippen LogP contribution in [-0.4, -0.2) is 18.0 Å². The second kappa shape index (κ2) is 7.16. The van der Waals surface area contributed by atoms with Crippen LogP contribution in [-0.2, 0) is 0 Å². The van der Waals surface area contributed by atoms with Crippen molar-refractivity contribution in [2.75, 3.05) is 0 Å². The molecule has 0 aromatic carbocycles. The van der Waals surface area contributed by atoms with Gasteiger partial charge in [0.25, 0.3) is 0 Å². The molecule has 90 valence electrons. The Bertz CT molecular complexity index is 257. The Balaban J connectivity index is 2.44. The molecule has 1 unspecified atom stereocenters. The zero-order chi connectivity index (χ0) is 11.8. The third kappa shape index (κ3) is 4.57. The third-order valence-electron chi connectivity index (χ3n) is 3.08. The molecule has 1 atom stereocenters. The Morgan fingerprint density at radius 3 is 2.56 bits per heavy atom. The number of hydrogen-bond donors (Lipinski definition) is 2. The van der Waals surface area contributed by atoms with Crippen LogP contribution in [0.4, 0.5) is 0 Å². The van der Waals surface area contributed by atoms with Gasteiger partial charge in [-0.15, -0.1) is 6.42 Å². The van der Waals surface area contributed by atoms with Crippen molar-refractivity contribution in [3.63, 3.8) is 0 Å². The highest BCUT2D eigenvalue weighted by Gasteiger charge is 2.11. The number of nitrogens with zero attached hydrogens (tertiary/aromatic N) is 1. The first-order valence-electron chi connectivity index (χ1n) is 6.32. The summed E-state index contributed by atoms with van der Waals surface area (Å²) in [5.74, 6) is 3.17. The minimum absolute atomic E-state index is 0.00882. The van der Waals surface area contributed by atoms with Gasteiger partial charge in [0.1, 0.15) is 0 Å². The van der Waals surface area contributed by atoms with Gasteiger partial charge in [-0.1, -0.05) is 38.5 Å². The maximum absolute atomic E-state index is 5.85. The monoisotopic (exact) mass is 221 g/mol. The number of terminal acetylenes is 1. The second-order valence-electron chi connectivity index (χ2n) is 4.43. The van der Waals surface area contributed by atoms with E-state index < -0.39 is 0 Å². The average Bonchev–Trinajstić information content (AvgIpc) is 2.54. The first-order chi connectivity index (χ1) is 7.76. The number of guanidine groups is 1. The minimum atomic E-state index is 0.00882. The number of hydrogen-bond acceptors (Lipinski definition) is 1. The van der Waals surface area contributed by atoms with Crippen molar-refractivity contribution in [3.8, 4) is 12.3 Å². The Kier molecular flexibility index (Phi) is 5.77. The van der Waals surface area contributed by atoms with E-state index in [0.717, 1.165) is 19.3 Å². The molecule has 3 heteroatoms. The smallest absolute Gasteiger partial charge is 0.189 e. The summed E-state index contributed by atoms with van der Waals surface area (Å²) in [6, 6.07) is 0.403. The first-order valence-corrected chi connectivity index (χ1v) is 6.32. The highest BCUT2D eigenvalue weighted by atomic mass is 15.1. The van der Waals surface area contributed by atoms with Gasteiger partial charge >= 0.3 is 0 Å². The Labute approximate surface area is 98.9 Å². The summed E-state index contributed by atoms with van der Waals surface area (Å²) in [7, 11) is 0. The van der Waals surface area contributed by atoms with Gasteiger partial charge in [-0.2, -0.15) is 0 Å². The molecular weight excluding hydrogens is 198 g/mol. The summed E-state index contributed by atoms with van der Waals surface area (Å²) < 4.78 is 0. The Morgan fingerprint density at radius 2 is 2.06 bits per heavy atom. The van der Waals surface area contributed by atoms with Crippen LogP contribution in [0, 0.1) is 12.3 Å². The normalized spacial score (nSPS) is 20.9. The molecule has 0 aliphatic heterocycles. The fraction of sp³-hybridized carbons (Fsp3) is 0.769. The SMILES string of the molecule is C#CC(CC)NC(N)=NC1CCCCCC1. The maximum Gasteiger partial charge on any atom is 0.189 e. The summed E-state index contributed by atoms with van der Waals surface area (Å²) in [6.07, 6.45) is 13.8. The molecule has 3 nitrogen and oxygen atoms in total. The second-order valence-corrected chi connectivity index (χ2v) is 4.43. The van der Waals surface area contributed by atoms with E-state index in [0.29, 0.717) is 12.0 Å². The fourth-order valence-electron chi connectivity index (χ4n) is 2.06. The largest absolute Gasteiger partial charge is 0.370 e. The van der Waals surface area contributed by atoms with Gasteiger partial charge < -0.3 is 11.1 Å². The fourth-order valence-corrected chi connectivity index (χ4v) is 2.06. The van der Waals surface area contributed by atoms with Crippen LogP contribution in [0.2, 0.25) is 0 Å². The van der Waals surface area contributed by atoms with E-state index >= 15 is 0 Å². The zero-order valence-electron chi connectivity index (χ0n) is 10.2. The molecule has 0 bridgehead atoms. The highest BCUT2D eigenvalue weighted by Crippen LogP contribution is 2.19. The summed E-state index contributed by atoms with van der Waals surface area (Å²) in [5.41, 5.74) is 5.85. The lowest BCUT2D eigenvalue weighted by atomic mass is 10.1. The van der Waals surface area contributed by atoms with Crippen molar-refractivity contribution >= 4 is 5.96 Å². The van der Waals surface area contributed by atoms with Crippen LogP contribution in [0.5, 0.6) is 0 Å². The summed E-state index contributed by atoms with van der Waals surface area (Å²) in [6.45, 7) is 2.04. The number of aliphatic imine (C=N–C) groups is 1. The van der Waals surface area contributed by atoms with Gasteiger partial charge in [0, 0.05) is 0 Å². The summed E-state index contributed by atoms with van der Waals surface area (Å²) in [4.78, 5) is 4.52. The van der Waals surface area contributed by atoms with Gasteiger partial charge in [-0.3, -0.25) is 4.99 Å². The molecule has 1 aliphatic rings. The average molecular weight is 221 g/mol. The molecule has 0 radical (unpaired) electrons. The van der Waals surface area contributed by atoms with Crippen LogP contribution in [0.15, 0.2) is 4.99 Å². The molecule has 0 aromatic heterocycles. The van der Waals surface area contributed by atoms with Crippen molar-refractivity contribution in [1.29, 1.82) is 0 Å². The number of rotatable bonds is 3. The number of nitrogens with two attached hydrogens (primary N) is 1. The molecule has 0 heterocycles. The topological polar surface area (TPSA) is 50.4 Å². The van der Waals surface area contributed by atoms with Crippen molar-refractivity contribution < 1.29 is 0 Å². The summed E-state index contributed by atoms with van der Waals surface area (Å²) >= 11 is 0. The van der Waals surface area contributed by atoms with E-state index in [2.05, 4.69) is 16.2 Å². The molecule has 16 heavy (non-hydrogen) atoms. The highest BCUT2D eigenvalue weighted by molar-refractivity contribution is 5.78. The lowest BCUT2D eigenvalue weighted by molar-refractivity contribution is 0.579. The van der Waals surface area contributed by atoms with Crippen molar-refractivity contribution in [2.45, 2.75) is 64.0 Å². The quantitative estimate of drug-likeness (QED) is 0.331. The van der Waals surface area contributed by atoms with Gasteiger partial charge in [0.2, 0.25) is 0 Å². The van der Waals surface area contributed by atoms with Crippen LogP contribution in [0.25, 0.3) is 0 Å². The molecule has 0 aromatic rings. The van der Waals surface area contributed by atoms with Crippen molar-refractivity contribution in [2.24, 2.45) is 10.7 Å². The molecule has 1 fully saturated rings. The van der Waals surface area contributed by atoms with Crippen LogP contribution in [0.1, 0.15) is 51.9 Å². The molecule has 0 saturated heterocycles. The lowest BCUT2D eigenvalue weighted by Crippen LogP contribution is -2.39. The molecule has 0 spiro atoms. The van der Waals surface area contributed by atoms with E-state index in [1.807, 2.05) is 6.92 Å². The van der Waals surface area contributed by atoms with E-state index in [1.54, 1.807) is 0 Å². The Hall–Kier alpha value is -1.17. The molecule has 0 amide bonds. The van der Waals surface area contributed by atoms with E-state index in [9.17, 15) is 0 Å². The van der Waals surface area contributed by atoms with E-state index in [-0.39, 0.29) is 6.04 Å². The maximum atomic E-state index is 5.85. The summed E-state index contributed by atoms with van der Waals surface area (Å²) in [5, 5.41) is 3.08. The van der Waals surface area contributed by atoms with Gasteiger partial charge in [0.15, 0.2) is 5.96 Å². The van der Waals surface area contributed by atoms with Crippen LogP contribution in [0.3, 0.4) is 0 Å². The molecule has 3 N–H and O–H groups in total. The molecule has 1 aliphatic carbocycles. The predicted molar refractivity (Wildman–Crippen MR) is 69.2 cm³/mol. The predicted octanol–water partition coefficient (Wildman–Crippen LogP) is 2.03. The molecule has 1 rings (SSSR count). The van der Waals surface area contributed by atoms with Crippen molar-refractivity contribution in [1.82, 2.24) is 5.32 Å². The van der Waals surface area contributed by atoms with Crippen LogP contribution < -0.4 is 11.1 Å². The molecular formula is C13H23N3. The first kappa shape index (κ1) is 12.9. The van der Waals surface area contributed by atoms with E-state index in [4.69, 9.17) is 12.2 Å². The molecule has 1 saturated carbocycles. The number of nitrogens with one attached hydrogen (secondary N) is 1. The zero-order valence-corrected chi connectivity index (χ0v) is 10.2. The van der Waals surface area contributed by atoms with Crippen molar-refractivity contribution in [3.05, 3.63) is 0 Å². The van der Waals surface area contributed by atoms with Gasteiger partial charge in [-0.05, 0) is 19.3 Å². The van der Waals surface area contributed by atoms with Crippen LogP contribution >= 0.6 is 0 Å². The van der Waals surface area contributed by atoms with Gasteiger partial charge in [-0.25, -0.2) is 0 Å². The lowest BCUT2D eigenvalue weighted by Gasteiger charge is -2.14. The Morgan fingerprint density at radius 1 is 1.44 bits per heavy atom. The minimum Gasteiger partial charge on any atom is -0.370 e. The van der Waals surface area contributed by atoms with E-state index in [1.165, 1.54) is 25.7 Å². The van der Waals surface area contributed by atoms with Gasteiger partial charge in [0.05, 0.1) is 12.1 Å².